The number of hydrogen-bond donors (Lipinski definition) is 0. The molecule has 276 valence electrons. The zero-order valence-corrected chi connectivity index (χ0v) is 28.9. The molecule has 7 rings (SSSR count). The molecule has 0 saturated carbocycles. The van der Waals surface area contributed by atoms with Crippen molar-refractivity contribution in [1.82, 2.24) is 15.0 Å². The number of hydrogen-bond acceptors (Lipinski definition) is 8. The summed E-state index contributed by atoms with van der Waals surface area (Å²) in [7, 11) is 0. The molecule has 0 spiro atoms. The molecule has 3 aromatic heterocycles. The molecule has 1 atom stereocenters. The number of aliphatic imine (C=N–C) groups is 1. The first-order chi connectivity index (χ1) is 25.7. The highest BCUT2D eigenvalue weighted by Gasteiger charge is 2.53. The standard InChI is InChI=1S/C38H28F8N8/c1-18-6-26-27(7-19(18)2)52(23-12-33(43)49-34(44)13-23)37(51(26)22-10-31(41)48-32(42)11-22)38-53(24-14-35(45)50-36(46)15-24)28-8-20(3)21(4)9-29(28)54(38)25(17-39)16-30(40)47-5/h6-17,37-38H,5H2,1-4H3/b25-17+,30-16-. The molecule has 0 N–H and O–H groups in total. The number of benzene rings is 2. The Morgan fingerprint density at radius 3 is 1.20 bits per heavy atom. The van der Waals surface area contributed by atoms with Gasteiger partial charge in [-0.2, -0.15) is 45.7 Å². The van der Waals surface area contributed by atoms with E-state index in [-0.39, 0.29) is 46.1 Å². The van der Waals surface area contributed by atoms with Crippen molar-refractivity contribution in [2.45, 2.75) is 40.0 Å². The highest BCUT2D eigenvalue weighted by molar-refractivity contribution is 5.94. The maximum Gasteiger partial charge on any atom is 0.217 e. The second-order valence-corrected chi connectivity index (χ2v) is 12.7. The van der Waals surface area contributed by atoms with Gasteiger partial charge in [-0.1, -0.05) is 0 Å². The Hall–Kier alpha value is -6.32. The molecule has 0 aliphatic carbocycles. The summed E-state index contributed by atoms with van der Waals surface area (Å²) in [6.45, 7) is 10.2. The minimum absolute atomic E-state index is 0.0660. The van der Waals surface area contributed by atoms with Gasteiger partial charge in [-0.3, -0.25) is 0 Å². The van der Waals surface area contributed by atoms with Crippen molar-refractivity contribution < 1.29 is 35.1 Å². The van der Waals surface area contributed by atoms with E-state index >= 15 is 35.1 Å². The summed E-state index contributed by atoms with van der Waals surface area (Å²) >= 11 is 0. The van der Waals surface area contributed by atoms with Crippen LogP contribution in [0.1, 0.15) is 22.3 Å². The molecule has 2 aliphatic heterocycles. The third-order valence-electron chi connectivity index (χ3n) is 9.43. The van der Waals surface area contributed by atoms with Crippen molar-refractivity contribution in [3.05, 3.63) is 143 Å². The molecular weight excluding hydrogens is 720 g/mol. The van der Waals surface area contributed by atoms with E-state index in [4.69, 9.17) is 0 Å². The summed E-state index contributed by atoms with van der Waals surface area (Å²) in [5, 5.41) is 0. The number of aromatic nitrogens is 3. The van der Waals surface area contributed by atoms with Gasteiger partial charge in [-0.05, 0) is 80.9 Å². The first-order valence-electron chi connectivity index (χ1n) is 16.2. The highest BCUT2D eigenvalue weighted by Crippen LogP contribution is 2.56. The monoisotopic (exact) mass is 748 g/mol. The SMILES string of the molecule is C=N/C(F)=C\C(=C/F)N1c2cc(C)c(C)cc2N(c2cc(F)nc(F)c2)C1C1N(c2cc(F)nc(F)c2)c2cc(C)c(C)cc2N1c1cc(F)nc(F)c1. The number of anilines is 7. The van der Waals surface area contributed by atoms with Crippen LogP contribution in [0.3, 0.4) is 0 Å². The number of rotatable bonds is 7. The van der Waals surface area contributed by atoms with Gasteiger partial charge in [-0.25, -0.2) is 9.38 Å². The lowest BCUT2D eigenvalue weighted by atomic mass is 10.1. The van der Waals surface area contributed by atoms with Gasteiger partial charge in [0, 0.05) is 42.5 Å². The van der Waals surface area contributed by atoms with Gasteiger partial charge in [0.05, 0.1) is 45.5 Å². The summed E-state index contributed by atoms with van der Waals surface area (Å²) in [6.07, 6.45) is -2.25. The lowest BCUT2D eigenvalue weighted by Gasteiger charge is -2.44. The van der Waals surface area contributed by atoms with E-state index in [1.54, 1.807) is 52.0 Å². The molecule has 5 aromatic rings. The lowest BCUT2D eigenvalue weighted by molar-refractivity contribution is 0.497. The van der Waals surface area contributed by atoms with Crippen molar-refractivity contribution in [2.75, 3.05) is 19.6 Å². The van der Waals surface area contributed by atoms with E-state index < -0.39 is 59.7 Å². The quantitative estimate of drug-likeness (QED) is 0.0540. The molecule has 0 amide bonds. The number of nitrogens with zero attached hydrogens (tertiary/aromatic N) is 8. The number of aryl methyl sites for hydroxylation is 4. The number of pyridine rings is 3. The van der Waals surface area contributed by atoms with Crippen LogP contribution in [0.25, 0.3) is 0 Å². The molecule has 2 aliphatic rings. The minimum atomic E-state index is -1.54. The summed E-state index contributed by atoms with van der Waals surface area (Å²) in [6, 6.07) is 12.1. The third-order valence-corrected chi connectivity index (χ3v) is 9.43. The largest absolute Gasteiger partial charge is 0.314 e. The molecule has 16 heteroatoms. The first-order valence-corrected chi connectivity index (χ1v) is 16.2. The Kier molecular flexibility index (Phi) is 9.07. The fourth-order valence-corrected chi connectivity index (χ4v) is 6.94. The summed E-state index contributed by atoms with van der Waals surface area (Å²) < 4.78 is 121. The summed E-state index contributed by atoms with van der Waals surface area (Å²) in [5.74, 6) is -8.60. The number of fused-ring (bicyclic) bond motifs is 2. The van der Waals surface area contributed by atoms with E-state index in [2.05, 4.69) is 26.7 Å². The van der Waals surface area contributed by atoms with Gasteiger partial charge in [0.2, 0.25) is 41.6 Å². The molecule has 2 aromatic carbocycles. The van der Waals surface area contributed by atoms with Crippen LogP contribution >= 0.6 is 0 Å². The van der Waals surface area contributed by atoms with Crippen molar-refractivity contribution in [2.24, 2.45) is 4.99 Å². The molecule has 54 heavy (non-hydrogen) atoms. The van der Waals surface area contributed by atoms with Gasteiger partial charge in [-0.15, -0.1) is 0 Å². The fourth-order valence-electron chi connectivity index (χ4n) is 6.94. The third kappa shape index (κ3) is 6.16. The molecule has 1 unspecified atom stereocenters. The average Bonchev–Trinajstić information content (AvgIpc) is 3.57. The maximum atomic E-state index is 15.4. The van der Waals surface area contributed by atoms with E-state index in [0.29, 0.717) is 22.3 Å². The molecular formula is C38H28F8N8. The van der Waals surface area contributed by atoms with E-state index in [1.165, 1.54) is 19.6 Å². The Morgan fingerprint density at radius 2 is 0.870 bits per heavy atom. The second-order valence-electron chi connectivity index (χ2n) is 12.7. The first kappa shape index (κ1) is 36.1. The molecule has 0 radical (unpaired) electrons. The van der Waals surface area contributed by atoms with Gasteiger partial charge >= 0.3 is 0 Å². The highest BCUT2D eigenvalue weighted by atomic mass is 19.2. The topological polar surface area (TPSA) is 64.0 Å². The fraction of sp³-hybridized carbons (Fsp3) is 0.158. The van der Waals surface area contributed by atoms with Crippen LogP contribution in [0, 0.1) is 63.4 Å². The van der Waals surface area contributed by atoms with Gasteiger partial charge in [0.1, 0.15) is 6.33 Å². The van der Waals surface area contributed by atoms with E-state index in [1.807, 2.05) is 0 Å². The predicted molar refractivity (Wildman–Crippen MR) is 189 cm³/mol. The summed E-state index contributed by atoms with van der Waals surface area (Å²) in [4.78, 5) is 18.5. The molecule has 0 saturated heterocycles. The van der Waals surface area contributed by atoms with Crippen LogP contribution in [0.4, 0.5) is 74.9 Å². The molecule has 8 nitrogen and oxygen atoms in total. The van der Waals surface area contributed by atoms with Gasteiger partial charge < -0.3 is 19.6 Å². The number of allylic oxidation sites excluding steroid dienone is 1. The van der Waals surface area contributed by atoms with Crippen LogP contribution < -0.4 is 19.6 Å². The van der Waals surface area contributed by atoms with Crippen LogP contribution in [0.2, 0.25) is 0 Å². The Morgan fingerprint density at radius 1 is 0.556 bits per heavy atom. The van der Waals surface area contributed by atoms with Crippen molar-refractivity contribution in [3.8, 4) is 0 Å². The maximum absolute atomic E-state index is 15.4. The van der Waals surface area contributed by atoms with E-state index in [9.17, 15) is 0 Å². The average molecular weight is 749 g/mol. The van der Waals surface area contributed by atoms with Gasteiger partial charge in [0.15, 0.2) is 12.3 Å². The van der Waals surface area contributed by atoms with Crippen LogP contribution in [-0.4, -0.2) is 34.0 Å². The van der Waals surface area contributed by atoms with Crippen LogP contribution in [0.5, 0.6) is 0 Å². The van der Waals surface area contributed by atoms with Crippen molar-refractivity contribution >= 4 is 46.5 Å². The zero-order chi connectivity index (χ0) is 38.7. The molecule has 0 bridgehead atoms. The Labute approximate surface area is 303 Å². The lowest BCUT2D eigenvalue weighted by Crippen LogP contribution is -2.59. The van der Waals surface area contributed by atoms with Crippen LogP contribution in [-0.2, 0) is 0 Å². The minimum Gasteiger partial charge on any atom is -0.314 e. The van der Waals surface area contributed by atoms with Crippen molar-refractivity contribution in [3.63, 3.8) is 0 Å². The normalized spacial score (nSPS) is 16.0. The summed E-state index contributed by atoms with van der Waals surface area (Å²) in [5.41, 5.74) is 2.64. The smallest absolute Gasteiger partial charge is 0.217 e. The number of halogens is 8. The zero-order valence-electron chi connectivity index (χ0n) is 28.9. The van der Waals surface area contributed by atoms with E-state index in [0.717, 1.165) is 42.5 Å². The Bertz CT molecular complexity index is 2270. The predicted octanol–water partition coefficient (Wildman–Crippen LogP) is 9.86. The van der Waals surface area contributed by atoms with Crippen LogP contribution in [0.15, 0.2) is 89.7 Å². The molecule has 0 fully saturated rings. The van der Waals surface area contributed by atoms with Crippen molar-refractivity contribution in [1.29, 1.82) is 0 Å². The second kappa shape index (κ2) is 13.6. The molecule has 5 heterocycles. The van der Waals surface area contributed by atoms with Gasteiger partial charge in [0.25, 0.3) is 0 Å². The Balaban J connectivity index is 1.65.